The van der Waals surface area contributed by atoms with Crippen LogP contribution in [0, 0.1) is 12.8 Å². The lowest BCUT2D eigenvalue weighted by Gasteiger charge is -2.10. The molecule has 1 N–H and O–H groups in total. The van der Waals surface area contributed by atoms with Gasteiger partial charge in [0.15, 0.2) is 5.16 Å². The average molecular weight is 306 g/mol. The number of fused-ring (bicyclic) bond motifs is 1. The number of imidazole rings is 1. The Kier molecular flexibility index (Phi) is 5.28. The number of carboxylic acids is 1. The number of benzene rings is 1. The first-order chi connectivity index (χ1) is 9.99. The fraction of sp³-hybridized carbons (Fsp3) is 0.500. The number of para-hydroxylation sites is 1. The van der Waals surface area contributed by atoms with E-state index in [2.05, 4.69) is 36.4 Å². The predicted octanol–water partition coefficient (Wildman–Crippen LogP) is 3.96. The van der Waals surface area contributed by atoms with E-state index in [1.807, 2.05) is 12.1 Å². The molecule has 0 spiro atoms. The molecule has 0 aliphatic carbocycles. The second-order valence-corrected chi connectivity index (χ2v) is 6.65. The zero-order chi connectivity index (χ0) is 15.4. The number of carboxylic acid groups (broad SMARTS) is 1. The van der Waals surface area contributed by atoms with E-state index in [9.17, 15) is 4.79 Å². The quantitative estimate of drug-likeness (QED) is 0.787. The molecule has 21 heavy (non-hydrogen) atoms. The van der Waals surface area contributed by atoms with Gasteiger partial charge in [0.2, 0.25) is 0 Å². The van der Waals surface area contributed by atoms with Crippen molar-refractivity contribution in [1.29, 1.82) is 0 Å². The monoisotopic (exact) mass is 306 g/mol. The van der Waals surface area contributed by atoms with Crippen LogP contribution in [0.15, 0.2) is 23.4 Å². The highest BCUT2D eigenvalue weighted by atomic mass is 32.2. The Bertz CT molecular complexity index is 634. The smallest absolute Gasteiger partial charge is 0.313 e. The van der Waals surface area contributed by atoms with Gasteiger partial charge in [-0.1, -0.05) is 37.7 Å². The van der Waals surface area contributed by atoms with Crippen LogP contribution >= 0.6 is 11.8 Å². The van der Waals surface area contributed by atoms with Gasteiger partial charge in [-0.2, -0.15) is 0 Å². The van der Waals surface area contributed by atoms with Crippen LogP contribution in [-0.4, -0.2) is 26.4 Å². The standard InChI is InChI=1S/C16H22N2O2S/c1-11(2)6-5-9-18-15-12(3)7-4-8-13(15)17-16(18)21-10-14(19)20/h4,7-8,11H,5-6,9-10H2,1-3H3,(H,19,20). The van der Waals surface area contributed by atoms with Gasteiger partial charge in [-0.25, -0.2) is 4.98 Å². The fourth-order valence-electron chi connectivity index (χ4n) is 2.45. The third kappa shape index (κ3) is 4.00. The summed E-state index contributed by atoms with van der Waals surface area (Å²) in [4.78, 5) is 15.4. The largest absolute Gasteiger partial charge is 0.481 e. The molecule has 0 saturated heterocycles. The fourth-order valence-corrected chi connectivity index (χ4v) is 3.20. The number of thioether (sulfide) groups is 1. The molecule has 0 saturated carbocycles. The maximum absolute atomic E-state index is 10.8. The molecule has 2 aromatic rings. The van der Waals surface area contributed by atoms with E-state index in [0.717, 1.165) is 35.6 Å². The Balaban J connectivity index is 2.31. The zero-order valence-electron chi connectivity index (χ0n) is 12.8. The molecule has 0 fully saturated rings. The highest BCUT2D eigenvalue weighted by Gasteiger charge is 2.14. The molecule has 1 heterocycles. The minimum atomic E-state index is -0.808. The summed E-state index contributed by atoms with van der Waals surface area (Å²) < 4.78 is 2.18. The van der Waals surface area contributed by atoms with Crippen LogP contribution in [0.5, 0.6) is 0 Å². The normalized spacial score (nSPS) is 11.4. The van der Waals surface area contributed by atoms with Gasteiger partial charge < -0.3 is 9.67 Å². The number of aliphatic carboxylic acids is 1. The van der Waals surface area contributed by atoms with Crippen LogP contribution in [0.1, 0.15) is 32.3 Å². The summed E-state index contributed by atoms with van der Waals surface area (Å²) in [6, 6.07) is 6.06. The number of hydrogen-bond acceptors (Lipinski definition) is 3. The van der Waals surface area contributed by atoms with Gasteiger partial charge in [-0.3, -0.25) is 4.79 Å². The van der Waals surface area contributed by atoms with Crippen molar-refractivity contribution in [3.05, 3.63) is 23.8 Å². The molecule has 0 atom stereocenters. The van der Waals surface area contributed by atoms with Gasteiger partial charge in [0.05, 0.1) is 16.8 Å². The molecular weight excluding hydrogens is 284 g/mol. The first kappa shape index (κ1) is 15.9. The van der Waals surface area contributed by atoms with E-state index < -0.39 is 5.97 Å². The van der Waals surface area contributed by atoms with E-state index in [-0.39, 0.29) is 5.75 Å². The minimum absolute atomic E-state index is 0.0482. The molecule has 114 valence electrons. The summed E-state index contributed by atoms with van der Waals surface area (Å²) >= 11 is 1.30. The molecule has 2 rings (SSSR count). The van der Waals surface area contributed by atoms with Crippen LogP contribution < -0.4 is 0 Å². The number of rotatable bonds is 7. The first-order valence-corrected chi connectivity index (χ1v) is 8.28. The lowest BCUT2D eigenvalue weighted by atomic mass is 10.1. The maximum Gasteiger partial charge on any atom is 0.313 e. The Morgan fingerprint density at radius 1 is 1.43 bits per heavy atom. The van der Waals surface area contributed by atoms with E-state index in [1.54, 1.807) is 0 Å². The van der Waals surface area contributed by atoms with Crippen LogP contribution in [0.4, 0.5) is 0 Å². The van der Waals surface area contributed by atoms with Crippen LogP contribution in [0.25, 0.3) is 11.0 Å². The molecule has 0 aliphatic rings. The number of hydrogen-bond donors (Lipinski definition) is 1. The molecule has 4 nitrogen and oxygen atoms in total. The molecule has 0 bridgehead atoms. The Labute approximate surface area is 129 Å². The summed E-state index contributed by atoms with van der Waals surface area (Å²) in [5.41, 5.74) is 3.27. The topological polar surface area (TPSA) is 55.1 Å². The lowest BCUT2D eigenvalue weighted by molar-refractivity contribution is -0.133. The van der Waals surface area contributed by atoms with Crippen molar-refractivity contribution in [2.45, 2.75) is 45.3 Å². The molecule has 0 unspecified atom stereocenters. The van der Waals surface area contributed by atoms with Crippen molar-refractivity contribution < 1.29 is 9.90 Å². The van der Waals surface area contributed by atoms with Crippen molar-refractivity contribution >= 4 is 28.8 Å². The summed E-state index contributed by atoms with van der Waals surface area (Å²) in [6.07, 6.45) is 2.24. The Morgan fingerprint density at radius 2 is 2.19 bits per heavy atom. The van der Waals surface area contributed by atoms with E-state index in [4.69, 9.17) is 5.11 Å². The molecule has 0 radical (unpaired) electrons. The van der Waals surface area contributed by atoms with Gasteiger partial charge in [0.25, 0.3) is 0 Å². The molecular formula is C16H22N2O2S. The molecule has 5 heteroatoms. The third-order valence-corrected chi connectivity index (χ3v) is 4.38. The van der Waals surface area contributed by atoms with Crippen molar-refractivity contribution in [3.8, 4) is 0 Å². The summed E-state index contributed by atoms with van der Waals surface area (Å²) in [5.74, 6) is -0.0828. The zero-order valence-corrected chi connectivity index (χ0v) is 13.6. The van der Waals surface area contributed by atoms with Gasteiger partial charge in [0, 0.05) is 6.54 Å². The molecule has 0 amide bonds. The predicted molar refractivity (Wildman–Crippen MR) is 86.9 cm³/mol. The maximum atomic E-state index is 10.8. The molecule has 0 aliphatic heterocycles. The first-order valence-electron chi connectivity index (χ1n) is 7.29. The van der Waals surface area contributed by atoms with Gasteiger partial charge in [-0.05, 0) is 37.3 Å². The lowest BCUT2D eigenvalue weighted by Crippen LogP contribution is -2.05. The van der Waals surface area contributed by atoms with Gasteiger partial charge in [0.1, 0.15) is 0 Å². The molecule has 1 aromatic carbocycles. The number of aromatic nitrogens is 2. The Hall–Kier alpha value is -1.49. The van der Waals surface area contributed by atoms with Crippen molar-refractivity contribution in [3.63, 3.8) is 0 Å². The highest BCUT2D eigenvalue weighted by Crippen LogP contribution is 2.27. The van der Waals surface area contributed by atoms with E-state index >= 15 is 0 Å². The highest BCUT2D eigenvalue weighted by molar-refractivity contribution is 7.99. The number of nitrogens with zero attached hydrogens (tertiary/aromatic N) is 2. The average Bonchev–Trinajstić information content (AvgIpc) is 2.75. The summed E-state index contributed by atoms with van der Waals surface area (Å²) in [6.45, 7) is 7.41. The SMILES string of the molecule is Cc1cccc2nc(SCC(=O)O)n(CCCC(C)C)c12. The van der Waals surface area contributed by atoms with Crippen molar-refractivity contribution in [1.82, 2.24) is 9.55 Å². The second kappa shape index (κ2) is 6.98. The Morgan fingerprint density at radius 3 is 2.86 bits per heavy atom. The third-order valence-electron chi connectivity index (χ3n) is 3.42. The van der Waals surface area contributed by atoms with E-state index in [1.165, 1.54) is 17.3 Å². The number of carbonyl (C=O) groups is 1. The van der Waals surface area contributed by atoms with Crippen LogP contribution in [-0.2, 0) is 11.3 Å². The van der Waals surface area contributed by atoms with Crippen LogP contribution in [0.3, 0.4) is 0 Å². The van der Waals surface area contributed by atoms with Crippen LogP contribution in [0.2, 0.25) is 0 Å². The summed E-state index contributed by atoms with van der Waals surface area (Å²) in [7, 11) is 0. The van der Waals surface area contributed by atoms with Gasteiger partial charge >= 0.3 is 5.97 Å². The summed E-state index contributed by atoms with van der Waals surface area (Å²) in [5, 5.41) is 9.70. The van der Waals surface area contributed by atoms with Gasteiger partial charge in [-0.15, -0.1) is 0 Å². The minimum Gasteiger partial charge on any atom is -0.481 e. The second-order valence-electron chi connectivity index (χ2n) is 5.71. The number of aryl methyl sites for hydroxylation is 2. The van der Waals surface area contributed by atoms with Crippen molar-refractivity contribution in [2.75, 3.05) is 5.75 Å². The molecule has 1 aromatic heterocycles. The van der Waals surface area contributed by atoms with Crippen molar-refractivity contribution in [2.24, 2.45) is 5.92 Å². The van der Waals surface area contributed by atoms with E-state index in [0.29, 0.717) is 5.92 Å².